The van der Waals surface area contributed by atoms with Gasteiger partial charge in [-0.15, -0.1) is 0 Å². The first-order valence-electron chi connectivity index (χ1n) is 9.99. The number of carbonyl (C=O) groups is 1. The number of ketones is 1. The van der Waals surface area contributed by atoms with Crippen molar-refractivity contribution in [3.05, 3.63) is 12.2 Å². The first-order valence-corrected chi connectivity index (χ1v) is 9.99. The molecular formula is C21H32O4. The molecule has 4 nitrogen and oxygen atoms in total. The fraction of sp³-hybridized carbons (Fsp3) is 0.857. The molecule has 0 aromatic heterocycles. The third-order valence-corrected chi connectivity index (χ3v) is 8.98. The van der Waals surface area contributed by atoms with E-state index in [2.05, 4.69) is 19.9 Å². The highest BCUT2D eigenvalue weighted by atomic mass is 16.4. The summed E-state index contributed by atoms with van der Waals surface area (Å²) in [5.74, 6) is 2.21. The van der Waals surface area contributed by atoms with Gasteiger partial charge in [-0.05, 0) is 73.7 Å². The summed E-state index contributed by atoms with van der Waals surface area (Å²) in [6.45, 7) is 4.09. The molecule has 4 heteroatoms. The Hall–Kier alpha value is -0.710. The standard InChI is InChI=1S/C21H32O4/c1-19-8-5-14(23)11-13(19)3-4-15-16(19)6-9-20(2)17(15)7-10-21(20,25)18(24)12-22/h5,8,13,15-18,22,24-25H,3-4,6-7,9-12H2,1-2H3/t13-,15+,16-,17-,18-,19-,20-,21-/m0/s1. The summed E-state index contributed by atoms with van der Waals surface area (Å²) in [4.78, 5) is 11.9. The molecule has 0 spiro atoms. The Bertz CT molecular complexity index is 601. The zero-order chi connectivity index (χ0) is 18.0. The van der Waals surface area contributed by atoms with Crippen molar-refractivity contribution < 1.29 is 20.1 Å². The first kappa shape index (κ1) is 17.7. The van der Waals surface area contributed by atoms with Gasteiger partial charge in [0.25, 0.3) is 0 Å². The summed E-state index contributed by atoms with van der Waals surface area (Å²) in [7, 11) is 0. The van der Waals surface area contributed by atoms with Crippen LogP contribution in [0.5, 0.6) is 0 Å². The maximum atomic E-state index is 11.9. The number of hydrogen-bond donors (Lipinski definition) is 3. The van der Waals surface area contributed by atoms with E-state index in [1.54, 1.807) is 6.08 Å². The third-order valence-electron chi connectivity index (χ3n) is 8.98. The summed E-state index contributed by atoms with van der Waals surface area (Å²) in [5.41, 5.74) is -1.41. The lowest BCUT2D eigenvalue weighted by Gasteiger charge is -2.60. The Morgan fingerprint density at radius 2 is 1.88 bits per heavy atom. The van der Waals surface area contributed by atoms with Gasteiger partial charge in [-0.2, -0.15) is 0 Å². The monoisotopic (exact) mass is 348 g/mol. The number of carbonyl (C=O) groups excluding carboxylic acids is 1. The van der Waals surface area contributed by atoms with Gasteiger partial charge in [-0.1, -0.05) is 19.9 Å². The molecule has 3 N–H and O–H groups in total. The van der Waals surface area contributed by atoms with Gasteiger partial charge < -0.3 is 15.3 Å². The predicted octanol–water partition coefficient (Wildman–Crippen LogP) is 2.46. The van der Waals surface area contributed by atoms with Gasteiger partial charge in [0.2, 0.25) is 0 Å². The SMILES string of the molecule is C[C@]12C=CC(=O)C[C@@H]1CC[C@@H]1[C@@H]2CC[C@@]2(C)[C@H]1CC[C@]2(O)[C@@H](O)CO. The highest BCUT2D eigenvalue weighted by Gasteiger charge is 2.65. The molecule has 0 aliphatic heterocycles. The normalized spacial score (nSPS) is 53.1. The van der Waals surface area contributed by atoms with Crippen LogP contribution in [0.1, 0.15) is 58.8 Å². The van der Waals surface area contributed by atoms with Gasteiger partial charge in [-0.25, -0.2) is 0 Å². The summed E-state index contributed by atoms with van der Waals surface area (Å²) in [6.07, 6.45) is 9.24. The molecule has 0 bridgehead atoms. The number of rotatable bonds is 2. The number of aliphatic hydroxyl groups is 3. The summed E-state index contributed by atoms with van der Waals surface area (Å²) < 4.78 is 0. The molecule has 140 valence electrons. The second-order valence-electron chi connectivity index (χ2n) is 9.64. The van der Waals surface area contributed by atoms with Crippen LogP contribution in [0.25, 0.3) is 0 Å². The van der Waals surface area contributed by atoms with Gasteiger partial charge in [0.15, 0.2) is 5.78 Å². The number of hydrogen-bond acceptors (Lipinski definition) is 4. The van der Waals surface area contributed by atoms with Crippen LogP contribution in [0.2, 0.25) is 0 Å². The van der Waals surface area contributed by atoms with Gasteiger partial charge in [0, 0.05) is 11.8 Å². The minimum Gasteiger partial charge on any atom is -0.394 e. The molecule has 4 aliphatic rings. The van der Waals surface area contributed by atoms with E-state index in [9.17, 15) is 20.1 Å². The minimum atomic E-state index is -1.17. The first-order chi connectivity index (χ1) is 11.8. The molecule has 0 aromatic rings. The number of allylic oxidation sites excluding steroid dienone is 2. The second-order valence-corrected chi connectivity index (χ2v) is 9.64. The van der Waals surface area contributed by atoms with Crippen molar-refractivity contribution in [2.45, 2.75) is 70.5 Å². The van der Waals surface area contributed by atoms with Crippen LogP contribution in [-0.2, 0) is 4.79 Å². The molecule has 0 saturated heterocycles. The van der Waals surface area contributed by atoms with Crippen LogP contribution in [-0.4, -0.2) is 39.4 Å². The highest BCUT2D eigenvalue weighted by molar-refractivity contribution is 5.91. The topological polar surface area (TPSA) is 77.8 Å². The van der Waals surface area contributed by atoms with E-state index in [1.165, 1.54) is 0 Å². The highest BCUT2D eigenvalue weighted by Crippen LogP contribution is 2.67. The van der Waals surface area contributed by atoms with Crippen LogP contribution in [0, 0.1) is 34.5 Å². The number of fused-ring (bicyclic) bond motifs is 5. The third kappa shape index (κ3) is 2.20. The van der Waals surface area contributed by atoms with Gasteiger partial charge in [0.05, 0.1) is 12.2 Å². The van der Waals surface area contributed by atoms with E-state index in [0.717, 1.165) is 32.1 Å². The molecule has 0 unspecified atom stereocenters. The molecular weight excluding hydrogens is 316 g/mol. The quantitative estimate of drug-likeness (QED) is 0.716. The molecule has 3 fully saturated rings. The Kier molecular flexibility index (Phi) is 3.99. The van der Waals surface area contributed by atoms with E-state index in [0.29, 0.717) is 36.5 Å². The van der Waals surface area contributed by atoms with Crippen LogP contribution in [0.15, 0.2) is 12.2 Å². The molecule has 0 radical (unpaired) electrons. The van der Waals surface area contributed by atoms with Crippen LogP contribution >= 0.6 is 0 Å². The van der Waals surface area contributed by atoms with E-state index in [1.807, 2.05) is 0 Å². The average Bonchev–Trinajstić information content (AvgIpc) is 2.87. The van der Waals surface area contributed by atoms with Gasteiger partial charge in [-0.3, -0.25) is 4.79 Å². The van der Waals surface area contributed by atoms with Crippen molar-refractivity contribution in [2.24, 2.45) is 34.5 Å². The number of aliphatic hydroxyl groups excluding tert-OH is 2. The van der Waals surface area contributed by atoms with Crippen molar-refractivity contribution in [1.82, 2.24) is 0 Å². The van der Waals surface area contributed by atoms with E-state index < -0.39 is 11.7 Å². The van der Waals surface area contributed by atoms with E-state index in [4.69, 9.17) is 0 Å². The van der Waals surface area contributed by atoms with Crippen molar-refractivity contribution in [3.8, 4) is 0 Å². The lowest BCUT2D eigenvalue weighted by atomic mass is 9.45. The zero-order valence-electron chi connectivity index (χ0n) is 15.4. The van der Waals surface area contributed by atoms with Crippen molar-refractivity contribution in [1.29, 1.82) is 0 Å². The fourth-order valence-electron chi connectivity index (χ4n) is 7.38. The molecule has 0 heterocycles. The van der Waals surface area contributed by atoms with Crippen molar-refractivity contribution in [3.63, 3.8) is 0 Å². The molecule has 0 aromatic carbocycles. The maximum Gasteiger partial charge on any atom is 0.155 e. The van der Waals surface area contributed by atoms with Crippen LogP contribution in [0.4, 0.5) is 0 Å². The Morgan fingerprint density at radius 1 is 1.16 bits per heavy atom. The van der Waals surface area contributed by atoms with Crippen molar-refractivity contribution in [2.75, 3.05) is 6.61 Å². The van der Waals surface area contributed by atoms with Gasteiger partial charge in [0.1, 0.15) is 6.10 Å². The maximum absolute atomic E-state index is 11.9. The summed E-state index contributed by atoms with van der Waals surface area (Å²) in [5, 5.41) is 31.1. The fourth-order valence-corrected chi connectivity index (χ4v) is 7.38. The molecule has 4 aliphatic carbocycles. The largest absolute Gasteiger partial charge is 0.394 e. The molecule has 4 rings (SSSR count). The van der Waals surface area contributed by atoms with Gasteiger partial charge >= 0.3 is 0 Å². The Labute approximate surface area is 150 Å². The summed E-state index contributed by atoms with van der Waals surface area (Å²) >= 11 is 0. The van der Waals surface area contributed by atoms with E-state index >= 15 is 0 Å². The average molecular weight is 348 g/mol. The van der Waals surface area contributed by atoms with Crippen LogP contribution < -0.4 is 0 Å². The smallest absolute Gasteiger partial charge is 0.155 e. The predicted molar refractivity (Wildman–Crippen MR) is 94.7 cm³/mol. The lowest BCUT2D eigenvalue weighted by molar-refractivity contribution is -0.188. The Balaban J connectivity index is 1.67. The molecule has 3 saturated carbocycles. The minimum absolute atomic E-state index is 0.0917. The molecule has 25 heavy (non-hydrogen) atoms. The van der Waals surface area contributed by atoms with Crippen molar-refractivity contribution >= 4 is 5.78 Å². The second kappa shape index (κ2) is 5.64. The Morgan fingerprint density at radius 3 is 2.60 bits per heavy atom. The van der Waals surface area contributed by atoms with E-state index in [-0.39, 0.29) is 23.2 Å². The van der Waals surface area contributed by atoms with Crippen LogP contribution in [0.3, 0.4) is 0 Å². The molecule has 8 atom stereocenters. The zero-order valence-corrected chi connectivity index (χ0v) is 15.4. The summed E-state index contributed by atoms with van der Waals surface area (Å²) in [6, 6.07) is 0. The molecule has 0 amide bonds. The lowest BCUT2D eigenvalue weighted by Crippen LogP contribution is -2.60.